The summed E-state index contributed by atoms with van der Waals surface area (Å²) in [5.41, 5.74) is 6.11. The number of aromatic nitrogens is 1. The minimum absolute atomic E-state index is 0.0617. The van der Waals surface area contributed by atoms with Gasteiger partial charge in [-0.15, -0.1) is 0 Å². The third-order valence-electron chi connectivity index (χ3n) is 5.19. The van der Waals surface area contributed by atoms with Gasteiger partial charge in [-0.2, -0.15) is 0 Å². The Morgan fingerprint density at radius 3 is 2.83 bits per heavy atom. The van der Waals surface area contributed by atoms with Crippen molar-refractivity contribution in [3.8, 4) is 11.5 Å². The normalized spacial score (nSPS) is 18.7. The summed E-state index contributed by atoms with van der Waals surface area (Å²) in [5, 5.41) is 3.87. The van der Waals surface area contributed by atoms with Crippen molar-refractivity contribution in [1.82, 2.24) is 4.98 Å². The number of methoxy groups -OCH3 is 1. The second-order valence-corrected chi connectivity index (χ2v) is 8.24. The number of piperidine rings is 1. The Bertz CT molecular complexity index is 923. The van der Waals surface area contributed by atoms with Crippen LogP contribution in [0.15, 0.2) is 18.2 Å². The molecule has 0 saturated carbocycles. The molecule has 2 aliphatic heterocycles. The summed E-state index contributed by atoms with van der Waals surface area (Å²) in [7, 11) is 1.53. The van der Waals surface area contributed by atoms with Crippen LogP contribution >= 0.6 is 11.3 Å². The lowest BCUT2D eigenvalue weighted by Gasteiger charge is -2.25. The summed E-state index contributed by atoms with van der Waals surface area (Å²) in [6.45, 7) is 1.76. The summed E-state index contributed by atoms with van der Waals surface area (Å²) in [4.78, 5) is 31.5. The number of rotatable bonds is 6. The van der Waals surface area contributed by atoms with Gasteiger partial charge in [0.15, 0.2) is 23.2 Å². The molecule has 2 aromatic rings. The number of amides is 2. The molecule has 0 unspecified atom stereocenters. The Labute approximate surface area is 173 Å². The molecule has 1 fully saturated rings. The quantitative estimate of drug-likeness (QED) is 0.749. The number of ether oxygens (including phenoxy) is 2. The maximum atomic E-state index is 12.3. The highest BCUT2D eigenvalue weighted by molar-refractivity contribution is 7.16. The number of carbonyl (C=O) groups excluding carboxylic acids is 2. The molecule has 0 radical (unpaired) electrons. The van der Waals surface area contributed by atoms with E-state index in [2.05, 4.69) is 10.2 Å². The molecule has 9 heteroatoms. The highest BCUT2D eigenvalue weighted by atomic mass is 32.1. The summed E-state index contributed by atoms with van der Waals surface area (Å²) in [6.07, 6.45) is 3.91. The Morgan fingerprint density at radius 2 is 2.10 bits per heavy atom. The van der Waals surface area contributed by atoms with Crippen molar-refractivity contribution in [2.75, 3.05) is 37.0 Å². The first kappa shape index (κ1) is 19.5. The third kappa shape index (κ3) is 4.14. The molecule has 4 rings (SSSR count). The van der Waals surface area contributed by atoms with Gasteiger partial charge >= 0.3 is 0 Å². The number of nitrogens with two attached hydrogens (primary N) is 1. The van der Waals surface area contributed by atoms with Gasteiger partial charge in [0, 0.05) is 25.4 Å². The molecule has 0 spiro atoms. The molecule has 1 aromatic carbocycles. The predicted molar refractivity (Wildman–Crippen MR) is 111 cm³/mol. The van der Waals surface area contributed by atoms with Crippen LogP contribution in [0.3, 0.4) is 0 Å². The van der Waals surface area contributed by atoms with Crippen molar-refractivity contribution in [2.45, 2.75) is 31.6 Å². The fourth-order valence-electron chi connectivity index (χ4n) is 3.77. The number of primary amides is 1. The molecular formula is C20H24N4O4S. The van der Waals surface area contributed by atoms with E-state index in [0.717, 1.165) is 28.7 Å². The lowest BCUT2D eigenvalue weighted by Crippen LogP contribution is -2.29. The standard InChI is InChI=1S/C20H24N4O4S/c1-27-14-6-5-12(9-15(14)28-11-16(21)25)13-10-17(26)22-19-18(13)29-20(23-19)24-7-3-2-4-8-24/h5-6,9,13H,2-4,7-8,10-11H2,1H3,(H2,21,25)(H,22,26)/t13-/m1/s1. The Balaban J connectivity index is 1.67. The largest absolute Gasteiger partial charge is 0.493 e. The maximum Gasteiger partial charge on any atom is 0.255 e. The Hall–Kier alpha value is -2.81. The van der Waals surface area contributed by atoms with Crippen LogP contribution in [-0.2, 0) is 9.59 Å². The van der Waals surface area contributed by atoms with Crippen molar-refractivity contribution >= 4 is 34.1 Å². The Kier molecular flexibility index (Phi) is 5.57. The van der Waals surface area contributed by atoms with Crippen molar-refractivity contribution in [3.63, 3.8) is 0 Å². The molecular weight excluding hydrogens is 392 g/mol. The fourth-order valence-corrected chi connectivity index (χ4v) is 4.97. The van der Waals surface area contributed by atoms with E-state index in [-0.39, 0.29) is 18.4 Å². The van der Waals surface area contributed by atoms with Gasteiger partial charge in [0.1, 0.15) is 5.82 Å². The molecule has 2 amide bonds. The van der Waals surface area contributed by atoms with Crippen LogP contribution in [0, 0.1) is 0 Å². The fraction of sp³-hybridized carbons (Fsp3) is 0.450. The lowest BCUT2D eigenvalue weighted by molar-refractivity contribution is -0.120. The van der Waals surface area contributed by atoms with Crippen molar-refractivity contribution in [2.24, 2.45) is 5.73 Å². The molecule has 0 bridgehead atoms. The van der Waals surface area contributed by atoms with E-state index in [1.807, 2.05) is 12.1 Å². The molecule has 1 aromatic heterocycles. The molecule has 3 heterocycles. The first-order valence-corrected chi connectivity index (χ1v) is 10.5. The number of nitrogens with one attached hydrogen (secondary N) is 1. The number of hydrogen-bond acceptors (Lipinski definition) is 7. The summed E-state index contributed by atoms with van der Waals surface area (Å²) in [5.74, 6) is 0.827. The predicted octanol–water partition coefficient (Wildman–Crippen LogP) is 2.48. The number of hydrogen-bond donors (Lipinski definition) is 2. The molecule has 1 atom stereocenters. The average molecular weight is 417 g/mol. The van der Waals surface area contributed by atoms with E-state index >= 15 is 0 Å². The summed E-state index contributed by atoms with van der Waals surface area (Å²) >= 11 is 1.63. The highest BCUT2D eigenvalue weighted by Gasteiger charge is 2.32. The SMILES string of the molecule is COc1ccc([C@H]2CC(=O)Nc3nc(N4CCCCC4)sc32)cc1OCC(N)=O. The zero-order valence-electron chi connectivity index (χ0n) is 16.3. The van der Waals surface area contributed by atoms with Crippen molar-refractivity contribution in [1.29, 1.82) is 0 Å². The van der Waals surface area contributed by atoms with E-state index in [4.69, 9.17) is 20.2 Å². The molecule has 8 nitrogen and oxygen atoms in total. The maximum absolute atomic E-state index is 12.3. The molecule has 2 aliphatic rings. The number of thiazole rings is 1. The number of carbonyl (C=O) groups is 2. The summed E-state index contributed by atoms with van der Waals surface area (Å²) < 4.78 is 10.8. The lowest BCUT2D eigenvalue weighted by atomic mass is 9.91. The van der Waals surface area contributed by atoms with Crippen molar-refractivity contribution in [3.05, 3.63) is 28.6 Å². The van der Waals surface area contributed by atoms with E-state index in [0.29, 0.717) is 23.7 Å². The van der Waals surface area contributed by atoms with Gasteiger partial charge in [-0.1, -0.05) is 17.4 Å². The average Bonchev–Trinajstić information content (AvgIpc) is 3.16. The van der Waals surface area contributed by atoms with Crippen LogP contribution in [0.1, 0.15) is 42.0 Å². The van der Waals surface area contributed by atoms with Crippen LogP contribution < -0.4 is 25.4 Å². The van der Waals surface area contributed by atoms with E-state index in [1.165, 1.54) is 26.4 Å². The first-order valence-electron chi connectivity index (χ1n) is 9.69. The number of nitrogens with zero attached hydrogens (tertiary/aromatic N) is 2. The minimum atomic E-state index is -0.564. The molecule has 154 valence electrons. The summed E-state index contributed by atoms with van der Waals surface area (Å²) in [6, 6.07) is 5.52. The molecule has 1 saturated heterocycles. The van der Waals surface area contributed by atoms with Gasteiger partial charge in [0.25, 0.3) is 5.91 Å². The third-order valence-corrected chi connectivity index (χ3v) is 6.42. The zero-order valence-corrected chi connectivity index (χ0v) is 17.1. The van der Waals surface area contributed by atoms with Crippen LogP contribution in [0.4, 0.5) is 10.9 Å². The second-order valence-electron chi connectivity index (χ2n) is 7.23. The first-order chi connectivity index (χ1) is 14.0. The van der Waals surface area contributed by atoms with E-state index in [9.17, 15) is 9.59 Å². The monoisotopic (exact) mass is 416 g/mol. The zero-order chi connectivity index (χ0) is 20.4. The topological polar surface area (TPSA) is 107 Å². The van der Waals surface area contributed by atoms with Gasteiger partial charge in [-0.3, -0.25) is 9.59 Å². The second kappa shape index (κ2) is 8.28. The van der Waals surface area contributed by atoms with E-state index in [1.54, 1.807) is 17.4 Å². The van der Waals surface area contributed by atoms with Crippen LogP contribution in [0.25, 0.3) is 0 Å². The number of fused-ring (bicyclic) bond motifs is 1. The molecule has 3 N–H and O–H groups in total. The van der Waals surface area contributed by atoms with Gasteiger partial charge in [-0.05, 0) is 37.0 Å². The number of benzene rings is 1. The van der Waals surface area contributed by atoms with Gasteiger partial charge in [0.2, 0.25) is 5.91 Å². The molecule has 29 heavy (non-hydrogen) atoms. The van der Waals surface area contributed by atoms with Crippen molar-refractivity contribution < 1.29 is 19.1 Å². The van der Waals surface area contributed by atoms with Crippen LogP contribution in [-0.4, -0.2) is 43.6 Å². The van der Waals surface area contributed by atoms with Crippen LogP contribution in [0.2, 0.25) is 0 Å². The minimum Gasteiger partial charge on any atom is -0.493 e. The smallest absolute Gasteiger partial charge is 0.255 e. The van der Waals surface area contributed by atoms with Gasteiger partial charge in [0.05, 0.1) is 12.0 Å². The number of anilines is 2. The van der Waals surface area contributed by atoms with E-state index < -0.39 is 5.91 Å². The van der Waals surface area contributed by atoms with Crippen LogP contribution in [0.5, 0.6) is 11.5 Å². The Morgan fingerprint density at radius 1 is 1.31 bits per heavy atom. The molecule has 0 aliphatic carbocycles. The van der Waals surface area contributed by atoms with Gasteiger partial charge in [-0.25, -0.2) is 4.98 Å². The van der Waals surface area contributed by atoms with Gasteiger partial charge < -0.3 is 25.4 Å². The highest BCUT2D eigenvalue weighted by Crippen LogP contribution is 2.45.